The van der Waals surface area contributed by atoms with Crippen molar-refractivity contribution in [3.63, 3.8) is 0 Å². The number of halogens is 2. The van der Waals surface area contributed by atoms with Gasteiger partial charge in [-0.05, 0) is 0 Å². The molecule has 1 aliphatic rings. The maximum absolute atomic E-state index is 2.99. The van der Waals surface area contributed by atoms with Gasteiger partial charge in [-0.3, -0.25) is 6.08 Å². The van der Waals surface area contributed by atoms with Crippen molar-refractivity contribution in [2.24, 2.45) is 0 Å². The summed E-state index contributed by atoms with van der Waals surface area (Å²) in [5.41, 5.74) is 2.68. The zero-order valence-corrected chi connectivity index (χ0v) is 22.4. The van der Waals surface area contributed by atoms with Crippen LogP contribution in [0, 0.1) is 6.08 Å². The molecule has 5 aromatic rings. The van der Waals surface area contributed by atoms with E-state index in [1.165, 1.54) is 32.7 Å². The predicted molar refractivity (Wildman–Crippen MR) is 142 cm³/mol. The number of benzene rings is 4. The van der Waals surface area contributed by atoms with Gasteiger partial charge in [0.2, 0.25) is 0 Å². The molecule has 0 spiro atoms. The third-order valence-corrected chi connectivity index (χ3v) is 6.77. The fourth-order valence-corrected chi connectivity index (χ4v) is 4.91. The van der Waals surface area contributed by atoms with E-state index in [1.807, 2.05) is 12.2 Å². The van der Waals surface area contributed by atoms with Crippen LogP contribution in [-0.2, 0) is 18.2 Å². The summed E-state index contributed by atoms with van der Waals surface area (Å²) >= 11 is -0.114. The summed E-state index contributed by atoms with van der Waals surface area (Å²) in [5, 5.41) is 5.39. The molecule has 1 aliphatic carbocycles. The first kappa shape index (κ1) is 28.5. The van der Waals surface area contributed by atoms with Crippen LogP contribution in [0.4, 0.5) is 0 Å². The molecule has 0 saturated carbocycles. The predicted octanol–water partition coefficient (Wildman–Crippen LogP) is 1.80. The zero-order chi connectivity index (χ0) is 22.6. The topological polar surface area (TPSA) is 0 Å². The van der Waals surface area contributed by atoms with Gasteiger partial charge in [-0.1, -0.05) is 29.7 Å². The second-order valence-electron chi connectivity index (χ2n) is 7.60. The van der Waals surface area contributed by atoms with Crippen molar-refractivity contribution in [2.75, 3.05) is 0 Å². The second kappa shape index (κ2) is 16.0. The molecule has 0 atom stereocenters. The molecule has 0 radical (unpaired) electrons. The summed E-state index contributed by atoms with van der Waals surface area (Å²) in [4.78, 5) is 0. The second-order valence-corrected chi connectivity index (χ2v) is 9.02. The number of hydrogen-bond donors (Lipinski definition) is 0. The number of rotatable bonds is 2. The van der Waals surface area contributed by atoms with Crippen molar-refractivity contribution in [3.05, 3.63) is 151 Å². The van der Waals surface area contributed by atoms with Crippen LogP contribution < -0.4 is 24.8 Å². The standard InChI is InChI=1S/C13H9.2C7H6.C5H5.2ClH.Ti/c1-3-7-12-10(5-1)9-11-6-2-4-8-13(11)12;2*1-7-5-3-2-4-6-7;1-2-4-5-3-1;;;/h1-9H;2*1-6H;1-3H,4H2;2*1H;/q-1;;;-1;;;/p-2. The molecule has 0 N–H and O–H groups in total. The smallest absolute Gasteiger partial charge is 0.0703 e. The Morgan fingerprint density at radius 1 is 0.686 bits per heavy atom. The van der Waals surface area contributed by atoms with Gasteiger partial charge in [0.05, 0.1) is 0 Å². The quantitative estimate of drug-likeness (QED) is 0.242. The average Bonchev–Trinajstić information content (AvgIpc) is 3.58. The van der Waals surface area contributed by atoms with Crippen LogP contribution in [0.2, 0.25) is 0 Å². The third kappa shape index (κ3) is 9.09. The van der Waals surface area contributed by atoms with E-state index in [9.17, 15) is 0 Å². The molecule has 6 rings (SSSR count). The van der Waals surface area contributed by atoms with Crippen LogP contribution >= 0.6 is 0 Å². The molecular formula is C32H26Cl2Ti-4. The molecule has 0 nitrogen and oxygen atoms in total. The fourth-order valence-electron chi connectivity index (χ4n) is 3.58. The molecule has 35 heavy (non-hydrogen) atoms. The van der Waals surface area contributed by atoms with E-state index in [-0.39, 0.29) is 43.0 Å². The summed E-state index contributed by atoms with van der Waals surface area (Å²) < 4.78 is 4.71. The molecule has 0 fully saturated rings. The molecule has 0 aliphatic heterocycles. The van der Waals surface area contributed by atoms with Gasteiger partial charge in [-0.15, -0.1) is 52.9 Å². The normalized spacial score (nSPS) is 10.5. The Morgan fingerprint density at radius 2 is 1.29 bits per heavy atom. The van der Waals surface area contributed by atoms with Gasteiger partial charge in [-0.2, -0.15) is 6.08 Å². The summed E-state index contributed by atoms with van der Waals surface area (Å²) in [5.74, 6) is 0. The Balaban J connectivity index is 0.000000198. The maximum Gasteiger partial charge on any atom is -0.0703 e. The maximum atomic E-state index is 2.99. The van der Waals surface area contributed by atoms with E-state index >= 15 is 0 Å². The van der Waals surface area contributed by atoms with Crippen molar-refractivity contribution in [2.45, 2.75) is 6.42 Å². The molecular weight excluding hydrogens is 503 g/mol. The Labute approximate surface area is 229 Å². The minimum Gasteiger partial charge on any atom is -1.00 e. The first-order valence-electron chi connectivity index (χ1n) is 11.2. The van der Waals surface area contributed by atoms with Gasteiger partial charge in [0.25, 0.3) is 0 Å². The van der Waals surface area contributed by atoms with E-state index in [0.717, 1.165) is 6.42 Å². The Bertz CT molecular complexity index is 1300. The van der Waals surface area contributed by atoms with Crippen molar-refractivity contribution < 1.29 is 43.0 Å². The number of hydrogen-bond acceptors (Lipinski definition) is 0. The summed E-state index contributed by atoms with van der Waals surface area (Å²) in [6.07, 6.45) is 10.0. The first-order chi connectivity index (χ1) is 16.4. The van der Waals surface area contributed by atoms with Crippen LogP contribution in [0.1, 0.15) is 17.5 Å². The van der Waals surface area contributed by atoms with E-state index < -0.39 is 0 Å². The number of allylic oxidation sites excluding steroid dienone is 4. The minimum absolute atomic E-state index is 0. The largest absolute Gasteiger partial charge is 1.00 e. The molecule has 0 heterocycles. The molecule has 5 aromatic carbocycles. The molecule has 3 heteroatoms. The summed E-state index contributed by atoms with van der Waals surface area (Å²) in [6, 6.07) is 40.3. The van der Waals surface area contributed by atoms with Gasteiger partial charge in [0.1, 0.15) is 0 Å². The SMILES string of the molecule is [C-]1=CC=CC1.[CH](=[Ti]=[CH]c1ccccc1)c1ccccc1.[Cl-].[Cl-].c1ccc2c(c1)c[c-]1ccccc21. The first-order valence-corrected chi connectivity index (χ1v) is 13.0. The van der Waals surface area contributed by atoms with Crippen molar-refractivity contribution >= 4 is 30.2 Å². The average molecular weight is 529 g/mol. The third-order valence-electron chi connectivity index (χ3n) is 5.21. The Hall–Kier alpha value is -2.74. The van der Waals surface area contributed by atoms with Gasteiger partial charge in [0.15, 0.2) is 0 Å². The molecule has 176 valence electrons. The molecule has 0 bridgehead atoms. The van der Waals surface area contributed by atoms with Gasteiger partial charge >= 0.3 is 98.6 Å². The fraction of sp³-hybridized carbons (Fsp3) is 0.0312. The van der Waals surface area contributed by atoms with Crippen molar-refractivity contribution in [1.29, 1.82) is 0 Å². The zero-order valence-electron chi connectivity index (χ0n) is 19.3. The van der Waals surface area contributed by atoms with Gasteiger partial charge < -0.3 is 24.8 Å². The van der Waals surface area contributed by atoms with Gasteiger partial charge in [0, 0.05) is 0 Å². The van der Waals surface area contributed by atoms with Crippen molar-refractivity contribution in [1.82, 2.24) is 0 Å². The molecule has 0 amide bonds. The minimum atomic E-state index is -0.114. The van der Waals surface area contributed by atoms with E-state index in [1.54, 1.807) is 0 Å². The van der Waals surface area contributed by atoms with Gasteiger partial charge in [-0.25, -0.2) is 12.2 Å². The van der Waals surface area contributed by atoms with Crippen LogP contribution in [0.25, 0.3) is 21.5 Å². The van der Waals surface area contributed by atoms with Crippen LogP contribution in [-0.4, -0.2) is 8.63 Å². The van der Waals surface area contributed by atoms with Crippen LogP contribution in [0.5, 0.6) is 0 Å². The van der Waals surface area contributed by atoms with Crippen molar-refractivity contribution in [3.8, 4) is 0 Å². The van der Waals surface area contributed by atoms with Crippen LogP contribution in [0.15, 0.2) is 133 Å². The molecule has 0 saturated heterocycles. The van der Waals surface area contributed by atoms with E-state index in [2.05, 4.69) is 136 Å². The Kier molecular flexibility index (Phi) is 13.1. The number of fused-ring (bicyclic) bond motifs is 3. The van der Waals surface area contributed by atoms with E-state index in [0.29, 0.717) is 0 Å². The molecule has 0 unspecified atom stereocenters. The molecule has 0 aromatic heterocycles. The van der Waals surface area contributed by atoms with Crippen LogP contribution in [0.3, 0.4) is 0 Å². The summed E-state index contributed by atoms with van der Waals surface area (Å²) in [6.45, 7) is 0. The monoisotopic (exact) mass is 528 g/mol. The summed E-state index contributed by atoms with van der Waals surface area (Å²) in [7, 11) is 0. The Morgan fingerprint density at radius 3 is 1.86 bits per heavy atom. The van der Waals surface area contributed by atoms with E-state index in [4.69, 9.17) is 0 Å².